The molecule has 0 unspecified atom stereocenters. The molecule has 3 heteroatoms. The van der Waals surface area contributed by atoms with Gasteiger partial charge in [-0.25, -0.2) is 0 Å². The number of carbonyl (C=O) groups is 1. The Morgan fingerprint density at radius 2 is 2.21 bits per heavy atom. The first kappa shape index (κ1) is 13.6. The Morgan fingerprint density at radius 1 is 1.47 bits per heavy atom. The predicted octanol–water partition coefficient (Wildman–Crippen LogP) is 1.87. The van der Waals surface area contributed by atoms with Gasteiger partial charge in [0.1, 0.15) is 6.61 Å². The second-order valence-electron chi connectivity index (χ2n) is 5.48. The van der Waals surface area contributed by atoms with Crippen LogP contribution in [0.1, 0.15) is 41.3 Å². The van der Waals surface area contributed by atoms with E-state index in [1.807, 2.05) is 19.1 Å². The summed E-state index contributed by atoms with van der Waals surface area (Å²) in [4.78, 5) is 12.0. The van der Waals surface area contributed by atoms with Gasteiger partial charge in [-0.05, 0) is 42.9 Å². The number of benzene rings is 1. The average Bonchev–Trinajstić information content (AvgIpc) is 3.13. The Hall–Kier alpha value is -1.79. The number of aryl methyl sites for hydroxylation is 1. The molecule has 100 valence electrons. The van der Waals surface area contributed by atoms with Gasteiger partial charge in [0.25, 0.3) is 5.91 Å². The Morgan fingerprint density at radius 3 is 2.84 bits per heavy atom. The van der Waals surface area contributed by atoms with Crippen LogP contribution < -0.4 is 5.32 Å². The van der Waals surface area contributed by atoms with Crippen LogP contribution in [0.2, 0.25) is 0 Å². The van der Waals surface area contributed by atoms with Crippen LogP contribution in [0.5, 0.6) is 0 Å². The van der Waals surface area contributed by atoms with Crippen LogP contribution in [0, 0.1) is 24.2 Å². The van der Waals surface area contributed by atoms with Gasteiger partial charge in [-0.1, -0.05) is 24.8 Å². The van der Waals surface area contributed by atoms with Gasteiger partial charge in [-0.2, -0.15) is 0 Å². The quantitative estimate of drug-likeness (QED) is 0.812. The van der Waals surface area contributed by atoms with E-state index in [1.54, 1.807) is 6.07 Å². The lowest BCUT2D eigenvalue weighted by Crippen LogP contribution is -2.29. The highest BCUT2D eigenvalue weighted by Crippen LogP contribution is 2.44. The molecular formula is C16H19NO2. The minimum Gasteiger partial charge on any atom is -0.384 e. The van der Waals surface area contributed by atoms with Crippen molar-refractivity contribution < 1.29 is 9.90 Å². The van der Waals surface area contributed by atoms with Crippen molar-refractivity contribution in [2.75, 3.05) is 13.2 Å². The van der Waals surface area contributed by atoms with Crippen molar-refractivity contribution in [1.29, 1.82) is 0 Å². The maximum Gasteiger partial charge on any atom is 0.251 e. The summed E-state index contributed by atoms with van der Waals surface area (Å²) in [6, 6.07) is 5.47. The molecule has 19 heavy (non-hydrogen) atoms. The van der Waals surface area contributed by atoms with E-state index in [-0.39, 0.29) is 12.5 Å². The molecule has 0 radical (unpaired) electrons. The van der Waals surface area contributed by atoms with Gasteiger partial charge in [0, 0.05) is 17.7 Å². The third kappa shape index (κ3) is 3.59. The van der Waals surface area contributed by atoms with Crippen LogP contribution >= 0.6 is 0 Å². The molecular weight excluding hydrogens is 238 g/mol. The van der Waals surface area contributed by atoms with Crippen molar-refractivity contribution in [2.24, 2.45) is 5.41 Å². The van der Waals surface area contributed by atoms with E-state index in [2.05, 4.69) is 24.1 Å². The normalized spacial score (nSPS) is 15.3. The fourth-order valence-electron chi connectivity index (χ4n) is 1.82. The van der Waals surface area contributed by atoms with Gasteiger partial charge in [-0.15, -0.1) is 0 Å². The standard InChI is InChI=1S/C16H19NO2/c1-12-5-6-14(10-13(12)4-3-9-18)15(19)17-11-16(2)7-8-16/h5-6,10,18H,7-9,11H2,1-2H3,(H,17,19). The number of carbonyl (C=O) groups excluding carboxylic acids is 1. The zero-order valence-corrected chi connectivity index (χ0v) is 11.4. The second-order valence-corrected chi connectivity index (χ2v) is 5.48. The van der Waals surface area contributed by atoms with Gasteiger partial charge in [-0.3, -0.25) is 4.79 Å². The molecule has 1 aromatic carbocycles. The zero-order chi connectivity index (χ0) is 13.9. The van der Waals surface area contributed by atoms with Crippen molar-refractivity contribution in [2.45, 2.75) is 26.7 Å². The fourth-order valence-corrected chi connectivity index (χ4v) is 1.82. The highest BCUT2D eigenvalue weighted by atomic mass is 16.2. The molecule has 1 amide bonds. The number of hydrogen-bond donors (Lipinski definition) is 2. The molecule has 1 fully saturated rings. The van der Waals surface area contributed by atoms with E-state index >= 15 is 0 Å². The van der Waals surface area contributed by atoms with E-state index in [9.17, 15) is 4.79 Å². The summed E-state index contributed by atoms with van der Waals surface area (Å²) in [7, 11) is 0. The first-order chi connectivity index (χ1) is 9.04. The monoisotopic (exact) mass is 257 g/mol. The first-order valence-electron chi connectivity index (χ1n) is 6.53. The van der Waals surface area contributed by atoms with Crippen LogP contribution in [0.25, 0.3) is 0 Å². The van der Waals surface area contributed by atoms with Crippen molar-refractivity contribution in [1.82, 2.24) is 5.32 Å². The highest BCUT2D eigenvalue weighted by molar-refractivity contribution is 5.94. The van der Waals surface area contributed by atoms with Crippen LogP contribution in [0.4, 0.5) is 0 Å². The largest absolute Gasteiger partial charge is 0.384 e. The minimum absolute atomic E-state index is 0.0554. The van der Waals surface area contributed by atoms with Crippen molar-refractivity contribution >= 4 is 5.91 Å². The Bertz CT molecular complexity index is 548. The molecule has 0 saturated heterocycles. The van der Waals surface area contributed by atoms with Gasteiger partial charge in [0.15, 0.2) is 0 Å². The van der Waals surface area contributed by atoms with Crippen LogP contribution in [0.15, 0.2) is 18.2 Å². The van der Waals surface area contributed by atoms with Crippen LogP contribution in [-0.4, -0.2) is 24.2 Å². The SMILES string of the molecule is Cc1ccc(C(=O)NCC2(C)CC2)cc1C#CCO. The zero-order valence-electron chi connectivity index (χ0n) is 11.4. The summed E-state index contributed by atoms with van der Waals surface area (Å²) in [6.07, 6.45) is 2.38. The molecule has 3 nitrogen and oxygen atoms in total. The van der Waals surface area contributed by atoms with E-state index in [4.69, 9.17) is 5.11 Å². The molecule has 0 heterocycles. The molecule has 0 atom stereocenters. The third-order valence-corrected chi connectivity index (χ3v) is 3.58. The van der Waals surface area contributed by atoms with Gasteiger partial charge in [0.05, 0.1) is 0 Å². The number of nitrogens with one attached hydrogen (secondary N) is 1. The molecule has 1 aliphatic carbocycles. The lowest BCUT2D eigenvalue weighted by atomic mass is 10.0. The number of aliphatic hydroxyl groups excluding tert-OH is 1. The summed E-state index contributed by atoms with van der Waals surface area (Å²) >= 11 is 0. The smallest absolute Gasteiger partial charge is 0.251 e. The minimum atomic E-state index is -0.172. The molecule has 0 bridgehead atoms. The van der Waals surface area contributed by atoms with E-state index < -0.39 is 0 Å². The van der Waals surface area contributed by atoms with Gasteiger partial charge in [0.2, 0.25) is 0 Å². The topological polar surface area (TPSA) is 49.3 Å². The number of rotatable bonds is 3. The van der Waals surface area contributed by atoms with Crippen LogP contribution in [-0.2, 0) is 0 Å². The summed E-state index contributed by atoms with van der Waals surface area (Å²) in [6.45, 7) is 4.68. The summed E-state index contributed by atoms with van der Waals surface area (Å²) in [5, 5.41) is 11.7. The Kier molecular flexibility index (Phi) is 3.92. The second kappa shape index (κ2) is 5.46. The number of aliphatic hydroxyl groups is 1. The van der Waals surface area contributed by atoms with E-state index in [1.165, 1.54) is 12.8 Å². The lowest BCUT2D eigenvalue weighted by molar-refractivity contribution is 0.0946. The molecule has 2 N–H and O–H groups in total. The summed E-state index contributed by atoms with van der Waals surface area (Å²) in [5.74, 6) is 5.42. The van der Waals surface area contributed by atoms with Gasteiger partial charge < -0.3 is 10.4 Å². The van der Waals surface area contributed by atoms with E-state index in [0.29, 0.717) is 11.0 Å². The maximum absolute atomic E-state index is 12.0. The maximum atomic E-state index is 12.0. The molecule has 0 aromatic heterocycles. The lowest BCUT2D eigenvalue weighted by Gasteiger charge is -2.10. The third-order valence-electron chi connectivity index (χ3n) is 3.58. The molecule has 1 aromatic rings. The number of amides is 1. The van der Waals surface area contributed by atoms with E-state index in [0.717, 1.165) is 17.7 Å². The van der Waals surface area contributed by atoms with Crippen molar-refractivity contribution in [3.8, 4) is 11.8 Å². The Balaban J connectivity index is 2.08. The molecule has 2 rings (SSSR count). The summed E-state index contributed by atoms with van der Waals surface area (Å²) in [5.41, 5.74) is 2.72. The predicted molar refractivity (Wildman–Crippen MR) is 74.8 cm³/mol. The number of hydrogen-bond acceptors (Lipinski definition) is 2. The highest BCUT2D eigenvalue weighted by Gasteiger charge is 2.37. The van der Waals surface area contributed by atoms with Crippen molar-refractivity contribution in [3.63, 3.8) is 0 Å². The fraction of sp³-hybridized carbons (Fsp3) is 0.438. The Labute approximate surface area is 114 Å². The first-order valence-corrected chi connectivity index (χ1v) is 6.53. The molecule has 1 aliphatic rings. The molecule has 0 aliphatic heterocycles. The summed E-state index contributed by atoms with van der Waals surface area (Å²) < 4.78 is 0. The molecule has 0 spiro atoms. The average molecular weight is 257 g/mol. The molecule has 1 saturated carbocycles. The van der Waals surface area contributed by atoms with Gasteiger partial charge >= 0.3 is 0 Å². The van der Waals surface area contributed by atoms with Crippen molar-refractivity contribution in [3.05, 3.63) is 34.9 Å². The van der Waals surface area contributed by atoms with Crippen LogP contribution in [0.3, 0.4) is 0 Å².